The number of hydrazine groups is 1. The molecule has 30 heavy (non-hydrogen) atoms. The fraction of sp³-hybridized carbons (Fsp3) is 0.125. The molecule has 0 bridgehead atoms. The van der Waals surface area contributed by atoms with Gasteiger partial charge in [0.2, 0.25) is 0 Å². The Bertz CT molecular complexity index is 1020. The van der Waals surface area contributed by atoms with E-state index in [1.165, 1.54) is 6.92 Å². The number of amides is 2. The number of hydrogen-bond donors (Lipinski definition) is 2. The van der Waals surface area contributed by atoms with E-state index in [1.54, 1.807) is 42.5 Å². The van der Waals surface area contributed by atoms with Crippen molar-refractivity contribution in [1.29, 1.82) is 0 Å². The molecule has 2 amide bonds. The molecule has 1 atom stereocenters. The zero-order valence-electron chi connectivity index (χ0n) is 16.5. The second-order valence-electron chi connectivity index (χ2n) is 6.68. The smallest absolute Gasteiger partial charge is 0.339 e. The predicted molar refractivity (Wildman–Crippen MR) is 113 cm³/mol. The van der Waals surface area contributed by atoms with Gasteiger partial charge in [0.1, 0.15) is 0 Å². The summed E-state index contributed by atoms with van der Waals surface area (Å²) in [7, 11) is 0. The van der Waals surface area contributed by atoms with Gasteiger partial charge in [-0.1, -0.05) is 66.7 Å². The van der Waals surface area contributed by atoms with Gasteiger partial charge in [-0.2, -0.15) is 0 Å². The number of benzene rings is 3. The quantitative estimate of drug-likeness (QED) is 0.490. The van der Waals surface area contributed by atoms with Gasteiger partial charge in [-0.05, 0) is 42.7 Å². The largest absolute Gasteiger partial charge is 0.449 e. The lowest BCUT2D eigenvalue weighted by atomic mass is 10.00. The highest BCUT2D eigenvalue weighted by atomic mass is 16.5. The van der Waals surface area contributed by atoms with Crippen LogP contribution in [0.2, 0.25) is 0 Å². The number of carbonyl (C=O) groups is 3. The van der Waals surface area contributed by atoms with E-state index >= 15 is 0 Å². The van der Waals surface area contributed by atoms with Crippen molar-refractivity contribution in [2.75, 3.05) is 0 Å². The Labute approximate surface area is 174 Å². The third kappa shape index (κ3) is 5.54. The number of esters is 1. The van der Waals surface area contributed by atoms with Crippen LogP contribution in [0, 0.1) is 0 Å². The van der Waals surface area contributed by atoms with Crippen molar-refractivity contribution in [1.82, 2.24) is 10.9 Å². The molecular weight excluding hydrogens is 380 g/mol. The SMILES string of the molecule is C[C@H](OC(=O)c1ccccc1Cc1ccccc1)C(=O)NNC(=O)c1ccccc1. The molecule has 152 valence electrons. The monoisotopic (exact) mass is 402 g/mol. The number of nitrogens with one attached hydrogen (secondary N) is 2. The van der Waals surface area contributed by atoms with Crippen LogP contribution in [0.3, 0.4) is 0 Å². The Morgan fingerprint density at radius 2 is 1.40 bits per heavy atom. The summed E-state index contributed by atoms with van der Waals surface area (Å²) in [5.74, 6) is -1.69. The van der Waals surface area contributed by atoms with Crippen molar-refractivity contribution >= 4 is 17.8 Å². The average Bonchev–Trinajstić information content (AvgIpc) is 2.78. The van der Waals surface area contributed by atoms with Crippen LogP contribution >= 0.6 is 0 Å². The molecule has 0 saturated carbocycles. The molecule has 3 aromatic rings. The Morgan fingerprint density at radius 1 is 0.800 bits per heavy atom. The minimum atomic E-state index is -1.08. The molecule has 3 aromatic carbocycles. The summed E-state index contributed by atoms with van der Waals surface area (Å²) >= 11 is 0. The van der Waals surface area contributed by atoms with Gasteiger partial charge in [0.05, 0.1) is 5.56 Å². The van der Waals surface area contributed by atoms with Crippen LogP contribution in [-0.2, 0) is 16.0 Å². The second kappa shape index (κ2) is 10.0. The zero-order valence-corrected chi connectivity index (χ0v) is 16.5. The number of carbonyl (C=O) groups excluding carboxylic acids is 3. The number of ether oxygens (including phenoxy) is 1. The van der Waals surface area contributed by atoms with Gasteiger partial charge in [0, 0.05) is 5.56 Å². The zero-order chi connectivity index (χ0) is 21.3. The Morgan fingerprint density at radius 3 is 2.10 bits per heavy atom. The van der Waals surface area contributed by atoms with Crippen LogP contribution in [-0.4, -0.2) is 23.9 Å². The predicted octanol–water partition coefficient (Wildman–Crippen LogP) is 3.28. The highest BCUT2D eigenvalue weighted by Crippen LogP contribution is 2.16. The van der Waals surface area contributed by atoms with Gasteiger partial charge in [-0.3, -0.25) is 20.4 Å². The first-order valence-electron chi connectivity index (χ1n) is 9.52. The minimum Gasteiger partial charge on any atom is -0.449 e. The van der Waals surface area contributed by atoms with E-state index in [-0.39, 0.29) is 0 Å². The molecule has 0 fully saturated rings. The summed E-state index contributed by atoms with van der Waals surface area (Å²) < 4.78 is 5.31. The lowest BCUT2D eigenvalue weighted by Crippen LogP contribution is -2.46. The van der Waals surface area contributed by atoms with E-state index in [0.29, 0.717) is 17.5 Å². The van der Waals surface area contributed by atoms with Crippen LogP contribution < -0.4 is 10.9 Å². The van der Waals surface area contributed by atoms with Crippen LogP contribution in [0.25, 0.3) is 0 Å². The maximum absolute atomic E-state index is 12.6. The van der Waals surface area contributed by atoms with E-state index in [9.17, 15) is 14.4 Å². The highest BCUT2D eigenvalue weighted by molar-refractivity contribution is 5.96. The fourth-order valence-electron chi connectivity index (χ4n) is 2.85. The minimum absolute atomic E-state index is 0.398. The third-order valence-electron chi connectivity index (χ3n) is 4.46. The van der Waals surface area contributed by atoms with Crippen LogP contribution in [0.5, 0.6) is 0 Å². The lowest BCUT2D eigenvalue weighted by Gasteiger charge is -2.15. The summed E-state index contributed by atoms with van der Waals surface area (Å²) in [4.78, 5) is 36.9. The van der Waals surface area contributed by atoms with Crippen molar-refractivity contribution < 1.29 is 19.1 Å². The molecule has 6 nitrogen and oxygen atoms in total. The lowest BCUT2D eigenvalue weighted by molar-refractivity contribution is -0.129. The third-order valence-corrected chi connectivity index (χ3v) is 4.46. The van der Waals surface area contributed by atoms with Gasteiger partial charge in [-0.25, -0.2) is 4.79 Å². The molecule has 0 aliphatic carbocycles. The Hall–Kier alpha value is -3.93. The number of rotatable bonds is 6. The molecule has 0 aliphatic rings. The summed E-state index contributed by atoms with van der Waals surface area (Å²) in [6.45, 7) is 1.45. The molecule has 0 aliphatic heterocycles. The molecule has 0 heterocycles. The van der Waals surface area contributed by atoms with Crippen molar-refractivity contribution in [3.63, 3.8) is 0 Å². The summed E-state index contributed by atoms with van der Waals surface area (Å²) in [6, 6.07) is 25.3. The van der Waals surface area contributed by atoms with Crippen molar-refractivity contribution in [2.45, 2.75) is 19.4 Å². The first-order chi connectivity index (χ1) is 14.5. The molecule has 6 heteroatoms. The highest BCUT2D eigenvalue weighted by Gasteiger charge is 2.21. The van der Waals surface area contributed by atoms with Gasteiger partial charge in [0.25, 0.3) is 11.8 Å². The maximum atomic E-state index is 12.6. The molecule has 3 rings (SSSR count). The molecule has 0 aromatic heterocycles. The topological polar surface area (TPSA) is 84.5 Å². The van der Waals surface area contributed by atoms with E-state index in [4.69, 9.17) is 4.74 Å². The summed E-state index contributed by atoms with van der Waals surface area (Å²) in [5, 5.41) is 0. The van der Waals surface area contributed by atoms with E-state index < -0.39 is 23.9 Å². The number of hydrogen-bond acceptors (Lipinski definition) is 4. The molecule has 0 radical (unpaired) electrons. The summed E-state index contributed by atoms with van der Waals surface area (Å²) in [6.07, 6.45) is -0.516. The van der Waals surface area contributed by atoms with Crippen LogP contribution in [0.15, 0.2) is 84.9 Å². The molecule has 2 N–H and O–H groups in total. The molecular formula is C24H22N2O4. The van der Waals surface area contributed by atoms with Crippen LogP contribution in [0.1, 0.15) is 38.8 Å². The van der Waals surface area contributed by atoms with Crippen molar-refractivity contribution in [2.24, 2.45) is 0 Å². The van der Waals surface area contributed by atoms with Crippen molar-refractivity contribution in [3.05, 3.63) is 107 Å². The van der Waals surface area contributed by atoms with E-state index in [1.807, 2.05) is 42.5 Å². The molecule has 0 unspecified atom stereocenters. The van der Waals surface area contributed by atoms with Crippen LogP contribution in [0.4, 0.5) is 0 Å². The van der Waals surface area contributed by atoms with Gasteiger partial charge in [0.15, 0.2) is 6.10 Å². The Kier molecular flexibility index (Phi) is 6.95. The van der Waals surface area contributed by atoms with E-state index in [2.05, 4.69) is 10.9 Å². The molecule has 0 spiro atoms. The van der Waals surface area contributed by atoms with Gasteiger partial charge in [-0.15, -0.1) is 0 Å². The normalized spacial score (nSPS) is 11.2. The van der Waals surface area contributed by atoms with E-state index in [0.717, 1.165) is 11.1 Å². The van der Waals surface area contributed by atoms with Gasteiger partial charge < -0.3 is 4.74 Å². The maximum Gasteiger partial charge on any atom is 0.339 e. The Balaban J connectivity index is 1.59. The standard InChI is InChI=1S/C24H22N2O4/c1-17(22(27)25-26-23(28)19-12-6-3-7-13-19)30-24(29)21-15-9-8-14-20(21)16-18-10-4-2-5-11-18/h2-15,17H,16H2,1H3,(H,25,27)(H,26,28)/t17-/m0/s1. The first kappa shape index (κ1) is 20.8. The molecule has 0 saturated heterocycles. The first-order valence-corrected chi connectivity index (χ1v) is 9.52. The second-order valence-corrected chi connectivity index (χ2v) is 6.68. The average molecular weight is 402 g/mol. The fourth-order valence-corrected chi connectivity index (χ4v) is 2.85. The van der Waals surface area contributed by atoms with Gasteiger partial charge >= 0.3 is 5.97 Å². The van der Waals surface area contributed by atoms with Crippen molar-refractivity contribution in [3.8, 4) is 0 Å². The summed E-state index contributed by atoms with van der Waals surface area (Å²) in [5.41, 5.74) is 7.25.